The highest BCUT2D eigenvalue weighted by atomic mass is 35.5. The van der Waals surface area contributed by atoms with Crippen LogP contribution in [0.2, 0.25) is 10.0 Å². The van der Waals surface area contributed by atoms with Crippen LogP contribution in [0, 0.1) is 0 Å². The van der Waals surface area contributed by atoms with E-state index in [4.69, 9.17) is 32.7 Å². The Hall–Kier alpha value is -1.75. The van der Waals surface area contributed by atoms with Gasteiger partial charge in [-0.15, -0.1) is 0 Å². The van der Waals surface area contributed by atoms with Crippen molar-refractivity contribution in [1.82, 2.24) is 0 Å². The summed E-state index contributed by atoms with van der Waals surface area (Å²) in [5.41, 5.74) is 0.967. The molecule has 1 N–H and O–H groups in total. The van der Waals surface area contributed by atoms with Crippen molar-refractivity contribution in [1.29, 1.82) is 0 Å². The lowest BCUT2D eigenvalue weighted by Gasteiger charge is -2.09. The molecule has 6 heteroatoms. The maximum Gasteiger partial charge on any atom is 0.257 e. The molecule has 0 fully saturated rings. The van der Waals surface area contributed by atoms with E-state index in [2.05, 4.69) is 5.32 Å². The molecule has 1 amide bonds. The Bertz CT molecular complexity index is 644. The van der Waals surface area contributed by atoms with Crippen molar-refractivity contribution in [3.05, 3.63) is 58.1 Å². The van der Waals surface area contributed by atoms with E-state index in [0.29, 0.717) is 40.3 Å². The largest absolute Gasteiger partial charge is 0.491 e. The average Bonchev–Trinajstić information content (AvgIpc) is 2.51. The summed E-state index contributed by atoms with van der Waals surface area (Å²) in [7, 11) is 1.61. The first-order chi connectivity index (χ1) is 10.6. The molecule has 0 atom stereocenters. The molecule has 0 spiro atoms. The van der Waals surface area contributed by atoms with Gasteiger partial charge in [-0.25, -0.2) is 0 Å². The van der Waals surface area contributed by atoms with E-state index in [9.17, 15) is 4.79 Å². The lowest BCUT2D eigenvalue weighted by molar-refractivity contribution is 0.102. The maximum atomic E-state index is 12.2. The fourth-order valence-corrected chi connectivity index (χ4v) is 2.12. The number of methoxy groups -OCH3 is 1. The maximum absolute atomic E-state index is 12.2. The zero-order chi connectivity index (χ0) is 15.9. The predicted molar refractivity (Wildman–Crippen MR) is 88.2 cm³/mol. The number of benzene rings is 2. The Labute approximate surface area is 138 Å². The number of hydrogen-bond donors (Lipinski definition) is 1. The third-order valence-electron chi connectivity index (χ3n) is 2.84. The molecule has 0 unspecified atom stereocenters. The molecular formula is C16H15Cl2NO3. The van der Waals surface area contributed by atoms with Crippen LogP contribution in [0.3, 0.4) is 0 Å². The summed E-state index contributed by atoms with van der Waals surface area (Å²) >= 11 is 11.9. The normalized spacial score (nSPS) is 10.3. The van der Waals surface area contributed by atoms with Gasteiger partial charge in [0.2, 0.25) is 0 Å². The zero-order valence-electron chi connectivity index (χ0n) is 11.9. The van der Waals surface area contributed by atoms with E-state index in [0.717, 1.165) is 0 Å². The van der Waals surface area contributed by atoms with Crippen LogP contribution < -0.4 is 10.1 Å². The Morgan fingerprint density at radius 2 is 1.82 bits per heavy atom. The third kappa shape index (κ3) is 4.63. The summed E-state index contributed by atoms with van der Waals surface area (Å²) in [6, 6.07) is 11.8. The molecule has 2 aromatic carbocycles. The van der Waals surface area contributed by atoms with E-state index in [1.807, 2.05) is 0 Å². The monoisotopic (exact) mass is 339 g/mol. The van der Waals surface area contributed by atoms with Crippen molar-refractivity contribution in [2.24, 2.45) is 0 Å². The highest BCUT2D eigenvalue weighted by molar-refractivity contribution is 6.36. The minimum atomic E-state index is -0.319. The Balaban J connectivity index is 2.01. The van der Waals surface area contributed by atoms with Gasteiger partial charge in [0.1, 0.15) is 12.4 Å². The Morgan fingerprint density at radius 1 is 1.09 bits per heavy atom. The second kappa shape index (κ2) is 8.03. The molecule has 2 rings (SSSR count). The first-order valence-electron chi connectivity index (χ1n) is 6.58. The number of nitrogens with one attached hydrogen (secondary N) is 1. The summed E-state index contributed by atoms with van der Waals surface area (Å²) in [5, 5.41) is 3.56. The van der Waals surface area contributed by atoms with E-state index >= 15 is 0 Å². The van der Waals surface area contributed by atoms with Crippen molar-refractivity contribution >= 4 is 34.8 Å². The smallest absolute Gasteiger partial charge is 0.257 e. The van der Waals surface area contributed by atoms with E-state index < -0.39 is 0 Å². The number of carbonyl (C=O) groups excluding carboxylic acids is 1. The molecule has 0 radical (unpaired) electrons. The molecule has 0 aliphatic carbocycles. The minimum Gasteiger partial charge on any atom is -0.491 e. The standard InChI is InChI=1S/C16H15Cl2NO3/c1-21-8-9-22-13-5-3-12(4-6-13)19-16(20)14-10-11(17)2-7-15(14)18/h2-7,10H,8-9H2,1H3,(H,19,20). The van der Waals surface area contributed by atoms with Gasteiger partial charge in [-0.2, -0.15) is 0 Å². The van der Waals surface area contributed by atoms with E-state index in [-0.39, 0.29) is 5.91 Å². The summed E-state index contributed by atoms with van der Waals surface area (Å²) in [4.78, 5) is 12.2. The summed E-state index contributed by atoms with van der Waals surface area (Å²) in [6.07, 6.45) is 0. The predicted octanol–water partition coefficient (Wildman–Crippen LogP) is 4.27. The Morgan fingerprint density at radius 3 is 2.50 bits per heavy atom. The molecular weight excluding hydrogens is 325 g/mol. The molecule has 0 saturated carbocycles. The minimum absolute atomic E-state index is 0.319. The van der Waals surface area contributed by atoms with Crippen molar-refractivity contribution < 1.29 is 14.3 Å². The molecule has 0 heterocycles. The lowest BCUT2D eigenvalue weighted by Crippen LogP contribution is -2.12. The highest BCUT2D eigenvalue weighted by Gasteiger charge is 2.11. The van der Waals surface area contributed by atoms with Gasteiger partial charge in [0.05, 0.1) is 17.2 Å². The van der Waals surface area contributed by atoms with Crippen LogP contribution in [0.15, 0.2) is 42.5 Å². The molecule has 0 aromatic heterocycles. The number of hydrogen-bond acceptors (Lipinski definition) is 3. The summed E-state index contributed by atoms with van der Waals surface area (Å²) < 4.78 is 10.4. The summed E-state index contributed by atoms with van der Waals surface area (Å²) in [5.74, 6) is 0.386. The van der Waals surface area contributed by atoms with Crippen LogP contribution in [-0.2, 0) is 4.74 Å². The number of carbonyl (C=O) groups is 1. The highest BCUT2D eigenvalue weighted by Crippen LogP contribution is 2.22. The average molecular weight is 340 g/mol. The summed E-state index contributed by atoms with van der Waals surface area (Å²) in [6.45, 7) is 0.992. The molecule has 4 nitrogen and oxygen atoms in total. The second-order valence-electron chi connectivity index (χ2n) is 4.44. The van der Waals surface area contributed by atoms with E-state index in [1.165, 1.54) is 6.07 Å². The van der Waals surface area contributed by atoms with E-state index in [1.54, 1.807) is 43.5 Å². The van der Waals surface area contributed by atoms with Crippen LogP contribution in [0.1, 0.15) is 10.4 Å². The number of anilines is 1. The number of ether oxygens (including phenoxy) is 2. The van der Waals surface area contributed by atoms with Gasteiger partial charge in [0, 0.05) is 17.8 Å². The first-order valence-corrected chi connectivity index (χ1v) is 7.34. The van der Waals surface area contributed by atoms with Crippen molar-refractivity contribution in [2.75, 3.05) is 25.6 Å². The topological polar surface area (TPSA) is 47.6 Å². The lowest BCUT2D eigenvalue weighted by atomic mass is 10.2. The van der Waals surface area contributed by atoms with Gasteiger partial charge >= 0.3 is 0 Å². The van der Waals surface area contributed by atoms with Crippen LogP contribution >= 0.6 is 23.2 Å². The van der Waals surface area contributed by atoms with Gasteiger partial charge < -0.3 is 14.8 Å². The number of rotatable bonds is 6. The fraction of sp³-hybridized carbons (Fsp3) is 0.188. The van der Waals surface area contributed by atoms with Crippen LogP contribution in [0.4, 0.5) is 5.69 Å². The van der Waals surface area contributed by atoms with Gasteiger partial charge in [-0.1, -0.05) is 23.2 Å². The zero-order valence-corrected chi connectivity index (χ0v) is 13.4. The number of amides is 1. The van der Waals surface area contributed by atoms with Crippen LogP contribution in [0.5, 0.6) is 5.75 Å². The van der Waals surface area contributed by atoms with Crippen LogP contribution in [-0.4, -0.2) is 26.2 Å². The van der Waals surface area contributed by atoms with Crippen molar-refractivity contribution in [2.45, 2.75) is 0 Å². The SMILES string of the molecule is COCCOc1ccc(NC(=O)c2cc(Cl)ccc2Cl)cc1. The van der Waals surface area contributed by atoms with Gasteiger partial charge in [-0.05, 0) is 42.5 Å². The second-order valence-corrected chi connectivity index (χ2v) is 5.29. The molecule has 0 bridgehead atoms. The fourth-order valence-electron chi connectivity index (χ4n) is 1.75. The Kier molecular flexibility index (Phi) is 6.07. The molecule has 116 valence electrons. The van der Waals surface area contributed by atoms with Gasteiger partial charge in [-0.3, -0.25) is 4.79 Å². The quantitative estimate of drug-likeness (QED) is 0.799. The molecule has 22 heavy (non-hydrogen) atoms. The van der Waals surface area contributed by atoms with Crippen molar-refractivity contribution in [3.63, 3.8) is 0 Å². The molecule has 0 aliphatic heterocycles. The van der Waals surface area contributed by atoms with Gasteiger partial charge in [0.25, 0.3) is 5.91 Å². The van der Waals surface area contributed by atoms with Gasteiger partial charge in [0.15, 0.2) is 0 Å². The molecule has 0 aliphatic rings. The molecule has 0 saturated heterocycles. The first kappa shape index (κ1) is 16.6. The molecule has 2 aromatic rings. The third-order valence-corrected chi connectivity index (χ3v) is 3.41. The number of halogens is 2. The van der Waals surface area contributed by atoms with Crippen molar-refractivity contribution in [3.8, 4) is 5.75 Å². The van der Waals surface area contributed by atoms with Crippen LogP contribution in [0.25, 0.3) is 0 Å².